The van der Waals surface area contributed by atoms with Crippen LogP contribution in [0.25, 0.3) is 11.4 Å². The van der Waals surface area contributed by atoms with Crippen LogP contribution in [0.4, 0.5) is 5.69 Å². The van der Waals surface area contributed by atoms with E-state index < -0.39 is 0 Å². The predicted molar refractivity (Wildman–Crippen MR) is 93.4 cm³/mol. The first kappa shape index (κ1) is 14.9. The highest BCUT2D eigenvalue weighted by Gasteiger charge is 2.28. The molecule has 5 nitrogen and oxygen atoms in total. The van der Waals surface area contributed by atoms with E-state index in [1.807, 2.05) is 43.5 Å². The van der Waals surface area contributed by atoms with Gasteiger partial charge >= 0.3 is 0 Å². The predicted octanol–water partition coefficient (Wildman–Crippen LogP) is 3.64. The van der Waals surface area contributed by atoms with Gasteiger partial charge in [0.1, 0.15) is 11.5 Å². The summed E-state index contributed by atoms with van der Waals surface area (Å²) in [4.78, 5) is 26.5. The fourth-order valence-electron chi connectivity index (χ4n) is 3.01. The molecule has 0 atom stereocenters. The van der Waals surface area contributed by atoms with E-state index in [1.165, 1.54) is 0 Å². The lowest BCUT2D eigenvalue weighted by Gasteiger charge is -2.16. The Hall–Kier alpha value is -2.66. The summed E-state index contributed by atoms with van der Waals surface area (Å²) in [6.07, 6.45) is 4.34. The van der Waals surface area contributed by atoms with Gasteiger partial charge in [-0.2, -0.15) is 0 Å². The Bertz CT molecular complexity index is 934. The molecule has 0 aliphatic carbocycles. The minimum Gasteiger partial charge on any atom is -0.341 e. The molecule has 4 rings (SSSR count). The number of pyridine rings is 1. The van der Waals surface area contributed by atoms with Gasteiger partial charge in [0.2, 0.25) is 0 Å². The van der Waals surface area contributed by atoms with Crippen molar-refractivity contribution in [3.05, 3.63) is 64.7 Å². The molecule has 3 heterocycles. The van der Waals surface area contributed by atoms with Crippen molar-refractivity contribution >= 4 is 23.2 Å². The van der Waals surface area contributed by atoms with E-state index >= 15 is 0 Å². The molecule has 1 aliphatic heterocycles. The number of hydrogen-bond donors (Lipinski definition) is 1. The van der Waals surface area contributed by atoms with Gasteiger partial charge in [-0.3, -0.25) is 9.78 Å². The zero-order chi connectivity index (χ0) is 16.7. The number of benzene rings is 1. The molecule has 3 aromatic rings. The number of H-pyrrole nitrogens is 1. The first-order valence-corrected chi connectivity index (χ1v) is 8.08. The van der Waals surface area contributed by atoms with Crippen LogP contribution in [0, 0.1) is 6.92 Å². The van der Waals surface area contributed by atoms with Gasteiger partial charge in [0.05, 0.1) is 5.69 Å². The molecular formula is C18H15ClN4O. The third-order valence-electron chi connectivity index (χ3n) is 4.20. The zero-order valence-corrected chi connectivity index (χ0v) is 13.8. The van der Waals surface area contributed by atoms with Crippen LogP contribution in [0.15, 0.2) is 42.7 Å². The number of amides is 1. The molecule has 0 saturated heterocycles. The lowest BCUT2D eigenvalue weighted by atomic mass is 10.2. The van der Waals surface area contributed by atoms with Crippen molar-refractivity contribution in [1.29, 1.82) is 0 Å². The maximum atomic E-state index is 12.9. The molecule has 1 amide bonds. The largest absolute Gasteiger partial charge is 0.341 e. The Morgan fingerprint density at radius 1 is 1.33 bits per heavy atom. The number of nitrogens with zero attached hydrogens (tertiary/aromatic N) is 3. The van der Waals surface area contributed by atoms with Crippen LogP contribution in [-0.2, 0) is 6.42 Å². The monoisotopic (exact) mass is 338 g/mol. The van der Waals surface area contributed by atoms with Crippen LogP contribution in [-0.4, -0.2) is 27.4 Å². The Morgan fingerprint density at radius 3 is 3.04 bits per heavy atom. The molecule has 1 aromatic carbocycles. The zero-order valence-electron chi connectivity index (χ0n) is 13.1. The maximum absolute atomic E-state index is 12.9. The molecule has 0 unspecified atom stereocenters. The van der Waals surface area contributed by atoms with Crippen molar-refractivity contribution in [2.75, 3.05) is 11.4 Å². The van der Waals surface area contributed by atoms with Gasteiger partial charge in [-0.1, -0.05) is 23.7 Å². The molecule has 1 N–H and O–H groups in total. The van der Waals surface area contributed by atoms with Crippen molar-refractivity contribution in [1.82, 2.24) is 15.0 Å². The second kappa shape index (κ2) is 5.76. The lowest BCUT2D eigenvalue weighted by molar-refractivity contribution is 0.0984. The minimum atomic E-state index is -0.0954. The minimum absolute atomic E-state index is 0.0954. The highest BCUT2D eigenvalue weighted by molar-refractivity contribution is 6.30. The van der Waals surface area contributed by atoms with E-state index in [1.54, 1.807) is 11.1 Å². The summed E-state index contributed by atoms with van der Waals surface area (Å²) in [6.45, 7) is 2.51. The Labute approximate surface area is 144 Å². The van der Waals surface area contributed by atoms with E-state index in [9.17, 15) is 4.79 Å². The first-order chi connectivity index (χ1) is 11.6. The summed E-state index contributed by atoms with van der Waals surface area (Å²) in [5, 5.41) is 0.635. The van der Waals surface area contributed by atoms with Crippen LogP contribution < -0.4 is 4.90 Å². The van der Waals surface area contributed by atoms with Crippen LogP contribution in [0.5, 0.6) is 0 Å². The quantitative estimate of drug-likeness (QED) is 0.776. The van der Waals surface area contributed by atoms with Crippen molar-refractivity contribution < 1.29 is 4.79 Å². The standard InChI is InChI=1S/C18H15ClN4O/c1-11-16(22-17(21-11)12-3-2-4-14(19)9-12)18(24)23-8-6-13-10-20-7-5-15(13)23/h2-5,7,9-10H,6,8H2,1H3,(H,21,22). The third-order valence-corrected chi connectivity index (χ3v) is 4.44. The molecule has 6 heteroatoms. The average Bonchev–Trinajstić information content (AvgIpc) is 3.18. The SMILES string of the molecule is Cc1[nH]c(-c2cccc(Cl)c2)nc1C(=O)N1CCc2cnccc21. The number of imidazole rings is 1. The van der Waals surface area contributed by atoms with Gasteiger partial charge in [-0.15, -0.1) is 0 Å². The van der Waals surface area contributed by atoms with Crippen molar-refractivity contribution in [2.45, 2.75) is 13.3 Å². The summed E-state index contributed by atoms with van der Waals surface area (Å²) in [5.74, 6) is 0.550. The number of anilines is 1. The van der Waals surface area contributed by atoms with E-state index in [2.05, 4.69) is 15.0 Å². The van der Waals surface area contributed by atoms with Gasteiger partial charge in [-0.05, 0) is 37.1 Å². The fraction of sp³-hybridized carbons (Fsp3) is 0.167. The number of aryl methyl sites for hydroxylation is 1. The van der Waals surface area contributed by atoms with Gasteiger partial charge in [0.15, 0.2) is 0 Å². The topological polar surface area (TPSA) is 61.9 Å². The van der Waals surface area contributed by atoms with Gasteiger partial charge in [-0.25, -0.2) is 4.98 Å². The summed E-state index contributed by atoms with van der Waals surface area (Å²) in [7, 11) is 0. The normalized spacial score (nSPS) is 13.2. The van der Waals surface area contributed by atoms with Crippen molar-refractivity contribution in [3.63, 3.8) is 0 Å². The smallest absolute Gasteiger partial charge is 0.278 e. The molecule has 1 aliphatic rings. The Morgan fingerprint density at radius 2 is 2.21 bits per heavy atom. The average molecular weight is 339 g/mol. The number of aromatic nitrogens is 3. The highest BCUT2D eigenvalue weighted by atomic mass is 35.5. The molecule has 2 aromatic heterocycles. The molecule has 0 bridgehead atoms. The molecule has 120 valence electrons. The number of fused-ring (bicyclic) bond motifs is 1. The van der Waals surface area contributed by atoms with Gasteiger partial charge < -0.3 is 9.88 Å². The molecular weight excluding hydrogens is 324 g/mol. The summed E-state index contributed by atoms with van der Waals surface area (Å²) in [5.41, 5.74) is 4.05. The molecule has 0 spiro atoms. The third kappa shape index (κ3) is 2.47. The number of halogens is 1. The number of aromatic amines is 1. The number of carbonyl (C=O) groups is 1. The number of hydrogen-bond acceptors (Lipinski definition) is 3. The van der Waals surface area contributed by atoms with Crippen LogP contribution in [0.3, 0.4) is 0 Å². The lowest BCUT2D eigenvalue weighted by Crippen LogP contribution is -2.29. The molecule has 0 radical (unpaired) electrons. The molecule has 24 heavy (non-hydrogen) atoms. The Kier molecular flexibility index (Phi) is 3.58. The summed E-state index contributed by atoms with van der Waals surface area (Å²) in [6, 6.07) is 9.28. The summed E-state index contributed by atoms with van der Waals surface area (Å²) < 4.78 is 0. The maximum Gasteiger partial charge on any atom is 0.278 e. The van der Waals surface area contributed by atoms with Gasteiger partial charge in [0.25, 0.3) is 5.91 Å². The van der Waals surface area contributed by atoms with Crippen LogP contribution >= 0.6 is 11.6 Å². The van der Waals surface area contributed by atoms with Crippen LogP contribution in [0.1, 0.15) is 21.7 Å². The second-order valence-corrected chi connectivity index (χ2v) is 6.22. The number of carbonyl (C=O) groups excluding carboxylic acids is 1. The van der Waals surface area contributed by atoms with E-state index in [-0.39, 0.29) is 5.91 Å². The highest BCUT2D eigenvalue weighted by Crippen LogP contribution is 2.29. The molecule has 0 fully saturated rings. The van der Waals surface area contributed by atoms with E-state index in [4.69, 9.17) is 11.6 Å². The van der Waals surface area contributed by atoms with Crippen LogP contribution in [0.2, 0.25) is 5.02 Å². The fourth-order valence-corrected chi connectivity index (χ4v) is 3.20. The summed E-state index contributed by atoms with van der Waals surface area (Å²) >= 11 is 6.04. The second-order valence-electron chi connectivity index (χ2n) is 5.78. The first-order valence-electron chi connectivity index (χ1n) is 7.71. The Balaban J connectivity index is 1.69. The number of rotatable bonds is 2. The van der Waals surface area contributed by atoms with E-state index in [0.29, 0.717) is 23.1 Å². The number of nitrogens with one attached hydrogen (secondary N) is 1. The molecule has 0 saturated carbocycles. The van der Waals surface area contributed by atoms with E-state index in [0.717, 1.165) is 28.9 Å². The van der Waals surface area contributed by atoms with Gasteiger partial charge in [0, 0.05) is 35.2 Å². The van der Waals surface area contributed by atoms with Crippen molar-refractivity contribution in [2.24, 2.45) is 0 Å². The van der Waals surface area contributed by atoms with Crippen molar-refractivity contribution in [3.8, 4) is 11.4 Å².